The van der Waals surface area contributed by atoms with Crippen LogP contribution in [0.25, 0.3) is 10.9 Å². The van der Waals surface area contributed by atoms with E-state index in [1.807, 2.05) is 31.1 Å². The standard InChI is InChI=1S/C27H32FN5O3/c1-17-6-5-7-20(24(17)28)31-25-19-14-23(22(35-4)15-21(19)29-16-30-25)36-18-8-10-27(11-9-18)26(34)32(2)12-13-33(27)3/h5-7,14-16,18H,8-13H2,1-4H3,(H,29,30,31). The van der Waals surface area contributed by atoms with Gasteiger partial charge in [0.2, 0.25) is 5.91 Å². The van der Waals surface area contributed by atoms with E-state index in [1.54, 1.807) is 32.2 Å². The highest BCUT2D eigenvalue weighted by Crippen LogP contribution is 2.41. The molecule has 1 aromatic heterocycles. The fraction of sp³-hybridized carbons (Fsp3) is 0.444. The van der Waals surface area contributed by atoms with E-state index in [0.717, 1.165) is 38.8 Å². The average molecular weight is 494 g/mol. The second-order valence-electron chi connectivity index (χ2n) is 9.80. The topological polar surface area (TPSA) is 79.8 Å². The monoisotopic (exact) mass is 493 g/mol. The zero-order valence-electron chi connectivity index (χ0n) is 21.2. The minimum atomic E-state index is -0.441. The number of aryl methyl sites for hydroxylation is 1. The molecule has 1 amide bonds. The predicted molar refractivity (Wildman–Crippen MR) is 136 cm³/mol. The molecule has 2 aromatic carbocycles. The number of benzene rings is 2. The lowest BCUT2D eigenvalue weighted by molar-refractivity contribution is -0.152. The van der Waals surface area contributed by atoms with Gasteiger partial charge < -0.3 is 19.7 Å². The molecule has 0 radical (unpaired) electrons. The third kappa shape index (κ3) is 4.21. The molecule has 1 saturated heterocycles. The Bertz CT molecular complexity index is 1290. The predicted octanol–water partition coefficient (Wildman–Crippen LogP) is 4.29. The summed E-state index contributed by atoms with van der Waals surface area (Å²) >= 11 is 0. The van der Waals surface area contributed by atoms with E-state index >= 15 is 0 Å². The number of piperazine rings is 1. The highest BCUT2D eigenvalue weighted by Gasteiger charge is 2.49. The van der Waals surface area contributed by atoms with Crippen LogP contribution in [0.1, 0.15) is 31.2 Å². The Labute approximate surface area is 210 Å². The largest absolute Gasteiger partial charge is 0.493 e. The van der Waals surface area contributed by atoms with Crippen molar-refractivity contribution in [1.29, 1.82) is 0 Å². The van der Waals surface area contributed by atoms with Gasteiger partial charge in [0.15, 0.2) is 11.5 Å². The first kappa shape index (κ1) is 24.2. The smallest absolute Gasteiger partial charge is 0.242 e. The molecule has 5 rings (SSSR count). The number of nitrogens with one attached hydrogen (secondary N) is 1. The molecule has 1 saturated carbocycles. The fourth-order valence-corrected chi connectivity index (χ4v) is 5.38. The number of ether oxygens (including phenoxy) is 2. The number of methoxy groups -OCH3 is 1. The molecule has 9 heteroatoms. The molecular weight excluding hydrogens is 461 g/mol. The van der Waals surface area contributed by atoms with E-state index in [9.17, 15) is 9.18 Å². The fourth-order valence-electron chi connectivity index (χ4n) is 5.38. The number of nitrogens with zero attached hydrogens (tertiary/aromatic N) is 4. The summed E-state index contributed by atoms with van der Waals surface area (Å²) in [7, 11) is 5.53. The summed E-state index contributed by atoms with van der Waals surface area (Å²) in [4.78, 5) is 25.8. The number of anilines is 2. The van der Waals surface area contributed by atoms with Gasteiger partial charge >= 0.3 is 0 Å². The van der Waals surface area contributed by atoms with Crippen LogP contribution >= 0.6 is 0 Å². The maximum absolute atomic E-state index is 14.6. The van der Waals surface area contributed by atoms with E-state index in [2.05, 4.69) is 20.2 Å². The lowest BCUT2D eigenvalue weighted by Crippen LogP contribution is -2.65. The van der Waals surface area contributed by atoms with Crippen molar-refractivity contribution >= 4 is 28.3 Å². The van der Waals surface area contributed by atoms with Crippen LogP contribution in [-0.4, -0.2) is 71.6 Å². The van der Waals surface area contributed by atoms with Gasteiger partial charge in [-0.3, -0.25) is 9.69 Å². The molecule has 36 heavy (non-hydrogen) atoms. The molecule has 2 fully saturated rings. The van der Waals surface area contributed by atoms with Gasteiger partial charge in [0, 0.05) is 31.6 Å². The zero-order valence-corrected chi connectivity index (χ0v) is 21.2. The van der Waals surface area contributed by atoms with Crippen molar-refractivity contribution < 1.29 is 18.7 Å². The Morgan fingerprint density at radius 2 is 1.89 bits per heavy atom. The molecular formula is C27H32FN5O3. The summed E-state index contributed by atoms with van der Waals surface area (Å²) < 4.78 is 26.7. The molecule has 1 spiro atoms. The number of fused-ring (bicyclic) bond motifs is 1. The van der Waals surface area contributed by atoms with Crippen molar-refractivity contribution in [3.8, 4) is 11.5 Å². The van der Waals surface area contributed by atoms with Gasteiger partial charge in [-0.05, 0) is 57.4 Å². The number of carbonyl (C=O) groups excluding carboxylic acids is 1. The summed E-state index contributed by atoms with van der Waals surface area (Å²) in [6.45, 7) is 3.36. The SMILES string of the molecule is COc1cc2ncnc(Nc3cccc(C)c3F)c2cc1OC1CCC2(CC1)C(=O)N(C)CCN2C. The van der Waals surface area contributed by atoms with Gasteiger partial charge in [-0.25, -0.2) is 14.4 Å². The van der Waals surface area contributed by atoms with E-state index < -0.39 is 5.54 Å². The Morgan fingerprint density at radius 1 is 1.11 bits per heavy atom. The van der Waals surface area contributed by atoms with Crippen LogP contribution in [-0.2, 0) is 4.79 Å². The minimum absolute atomic E-state index is 0.0503. The van der Waals surface area contributed by atoms with Gasteiger partial charge in [0.1, 0.15) is 23.5 Å². The quantitative estimate of drug-likeness (QED) is 0.568. The molecule has 190 valence electrons. The van der Waals surface area contributed by atoms with Gasteiger partial charge in [0.25, 0.3) is 0 Å². The molecule has 1 aliphatic heterocycles. The van der Waals surface area contributed by atoms with Crippen LogP contribution in [0.15, 0.2) is 36.7 Å². The number of amides is 1. The number of carbonyl (C=O) groups is 1. The zero-order chi connectivity index (χ0) is 25.4. The highest BCUT2D eigenvalue weighted by molar-refractivity contribution is 5.93. The number of hydrogen-bond donors (Lipinski definition) is 1. The highest BCUT2D eigenvalue weighted by atomic mass is 19.1. The molecule has 3 aromatic rings. The van der Waals surface area contributed by atoms with Gasteiger partial charge in [0.05, 0.1) is 24.4 Å². The Balaban J connectivity index is 1.40. The Kier molecular flexibility index (Phi) is 6.42. The van der Waals surface area contributed by atoms with Gasteiger partial charge in [-0.15, -0.1) is 0 Å². The normalized spacial score (nSPS) is 22.8. The molecule has 2 heterocycles. The van der Waals surface area contributed by atoms with Gasteiger partial charge in [-0.2, -0.15) is 0 Å². The molecule has 8 nitrogen and oxygen atoms in total. The minimum Gasteiger partial charge on any atom is -0.493 e. The summed E-state index contributed by atoms with van der Waals surface area (Å²) in [5, 5.41) is 3.81. The van der Waals surface area contributed by atoms with Crippen molar-refractivity contribution in [2.75, 3.05) is 39.6 Å². The van der Waals surface area contributed by atoms with Crippen LogP contribution in [0.4, 0.5) is 15.9 Å². The van der Waals surface area contributed by atoms with Crippen LogP contribution < -0.4 is 14.8 Å². The van der Waals surface area contributed by atoms with E-state index in [1.165, 1.54) is 6.33 Å². The van der Waals surface area contributed by atoms with Crippen LogP contribution in [0.5, 0.6) is 11.5 Å². The summed E-state index contributed by atoms with van der Waals surface area (Å²) in [6, 6.07) is 8.85. The first-order chi connectivity index (χ1) is 17.3. The van der Waals surface area contributed by atoms with Crippen molar-refractivity contribution in [1.82, 2.24) is 19.8 Å². The third-order valence-corrected chi connectivity index (χ3v) is 7.67. The summed E-state index contributed by atoms with van der Waals surface area (Å²) in [5.41, 5.74) is 1.11. The third-order valence-electron chi connectivity index (χ3n) is 7.67. The Hall–Kier alpha value is -3.46. The van der Waals surface area contributed by atoms with Gasteiger partial charge in [-0.1, -0.05) is 12.1 Å². The van der Waals surface area contributed by atoms with E-state index in [-0.39, 0.29) is 17.8 Å². The number of likely N-dealkylation sites (N-methyl/N-ethyl adjacent to an activating group) is 2. The first-order valence-corrected chi connectivity index (χ1v) is 12.3. The second-order valence-corrected chi connectivity index (χ2v) is 9.80. The number of hydrogen-bond acceptors (Lipinski definition) is 7. The molecule has 0 bridgehead atoms. The van der Waals surface area contributed by atoms with Crippen LogP contribution in [0.3, 0.4) is 0 Å². The van der Waals surface area contributed by atoms with Crippen molar-refractivity contribution in [3.05, 3.63) is 48.0 Å². The molecule has 0 atom stereocenters. The summed E-state index contributed by atoms with van der Waals surface area (Å²) in [6.07, 6.45) is 4.40. The van der Waals surface area contributed by atoms with E-state index in [4.69, 9.17) is 9.47 Å². The molecule has 1 aliphatic carbocycles. The Morgan fingerprint density at radius 3 is 2.64 bits per heavy atom. The average Bonchev–Trinajstić information content (AvgIpc) is 2.89. The van der Waals surface area contributed by atoms with Crippen LogP contribution in [0, 0.1) is 12.7 Å². The van der Waals surface area contributed by atoms with Crippen molar-refractivity contribution in [3.63, 3.8) is 0 Å². The molecule has 0 unspecified atom stereocenters. The maximum Gasteiger partial charge on any atom is 0.242 e. The number of rotatable bonds is 5. The van der Waals surface area contributed by atoms with Crippen molar-refractivity contribution in [2.24, 2.45) is 0 Å². The summed E-state index contributed by atoms with van der Waals surface area (Å²) in [5.74, 6) is 1.51. The van der Waals surface area contributed by atoms with Crippen LogP contribution in [0.2, 0.25) is 0 Å². The molecule has 2 aliphatic rings. The number of aromatic nitrogens is 2. The first-order valence-electron chi connectivity index (χ1n) is 12.3. The second kappa shape index (κ2) is 9.54. The lowest BCUT2D eigenvalue weighted by atomic mass is 9.77. The van der Waals surface area contributed by atoms with E-state index in [0.29, 0.717) is 39.5 Å². The van der Waals surface area contributed by atoms with Crippen molar-refractivity contribution in [2.45, 2.75) is 44.2 Å². The molecule has 1 N–H and O–H groups in total. The maximum atomic E-state index is 14.6. The number of halogens is 1. The lowest BCUT2D eigenvalue weighted by Gasteiger charge is -2.50.